The fraction of sp³-hybridized carbons (Fsp3) is 0.440. The average Bonchev–Trinajstić information content (AvgIpc) is 3.61. The number of rotatable bonds is 5. The van der Waals surface area contributed by atoms with Gasteiger partial charge in [-0.05, 0) is 50.4 Å². The van der Waals surface area contributed by atoms with Crippen LogP contribution < -0.4 is 15.5 Å². The number of anilines is 2. The fourth-order valence-electron chi connectivity index (χ4n) is 5.48. The predicted molar refractivity (Wildman–Crippen MR) is 132 cm³/mol. The minimum Gasteiger partial charge on any atom is -0.356 e. The summed E-state index contributed by atoms with van der Waals surface area (Å²) >= 11 is 6.06. The van der Waals surface area contributed by atoms with Crippen LogP contribution in [0.4, 0.5) is 16.0 Å². The van der Waals surface area contributed by atoms with Gasteiger partial charge in [0, 0.05) is 48.9 Å². The molecule has 0 radical (unpaired) electrons. The molecule has 182 valence electrons. The lowest BCUT2D eigenvalue weighted by Crippen LogP contribution is -2.35. The number of carbonyl (C=O) groups excluding carboxylic acids is 1. The van der Waals surface area contributed by atoms with E-state index in [1.807, 2.05) is 0 Å². The van der Waals surface area contributed by atoms with Gasteiger partial charge in [0.05, 0.1) is 17.1 Å². The molecule has 2 aromatic heterocycles. The third-order valence-corrected chi connectivity index (χ3v) is 7.57. The average molecular weight is 496 g/mol. The second kappa shape index (κ2) is 9.20. The molecule has 3 aromatic rings. The van der Waals surface area contributed by atoms with Gasteiger partial charge in [0.15, 0.2) is 0 Å². The molecule has 1 aromatic carbocycles. The Bertz CT molecular complexity index is 1260. The van der Waals surface area contributed by atoms with Gasteiger partial charge in [0.2, 0.25) is 5.91 Å². The molecule has 0 saturated carbocycles. The molecule has 2 N–H and O–H groups in total. The smallest absolute Gasteiger partial charge is 0.230 e. The number of halogens is 2. The third-order valence-electron chi connectivity index (χ3n) is 7.28. The lowest BCUT2D eigenvalue weighted by atomic mass is 9.95. The Labute approximate surface area is 207 Å². The monoisotopic (exact) mass is 495 g/mol. The van der Waals surface area contributed by atoms with Gasteiger partial charge in [-0.25, -0.2) is 19.3 Å². The molecule has 0 spiro atoms. The van der Waals surface area contributed by atoms with Crippen molar-refractivity contribution in [1.29, 1.82) is 0 Å². The molecule has 0 unspecified atom stereocenters. The maximum Gasteiger partial charge on any atom is 0.230 e. The van der Waals surface area contributed by atoms with Crippen LogP contribution in [-0.4, -0.2) is 51.1 Å². The Balaban J connectivity index is 1.25. The zero-order chi connectivity index (χ0) is 23.9. The number of nitrogens with one attached hydrogen (secondary N) is 2. The topological polar surface area (TPSA) is 88.0 Å². The summed E-state index contributed by atoms with van der Waals surface area (Å²) in [5.41, 5.74) is 2.53. The molecular weight excluding hydrogens is 469 g/mol. The Morgan fingerprint density at radius 1 is 1.17 bits per heavy atom. The molecule has 2 saturated heterocycles. The Morgan fingerprint density at radius 2 is 2.03 bits per heavy atom. The zero-order valence-electron chi connectivity index (χ0n) is 19.3. The summed E-state index contributed by atoms with van der Waals surface area (Å²) in [7, 11) is 0. The molecule has 10 heteroatoms. The number of fused-ring (bicyclic) bond motifs is 1. The normalized spacial score (nSPS) is 20.3. The highest BCUT2D eigenvalue weighted by Gasteiger charge is 2.31. The second-order valence-corrected chi connectivity index (χ2v) is 9.98. The van der Waals surface area contributed by atoms with E-state index in [4.69, 9.17) is 16.6 Å². The van der Waals surface area contributed by atoms with Crippen LogP contribution in [0, 0.1) is 5.82 Å². The van der Waals surface area contributed by atoms with Gasteiger partial charge >= 0.3 is 0 Å². The summed E-state index contributed by atoms with van der Waals surface area (Å²) in [5, 5.41) is 6.50. The maximum absolute atomic E-state index is 13.7. The highest BCUT2D eigenvalue weighted by molar-refractivity contribution is 6.31. The number of piperidine rings is 1. The molecular formula is C25H27ClFN7O. The van der Waals surface area contributed by atoms with Gasteiger partial charge < -0.3 is 20.1 Å². The lowest BCUT2D eigenvalue weighted by molar-refractivity contribution is -0.115. The van der Waals surface area contributed by atoms with Gasteiger partial charge in [-0.15, -0.1) is 0 Å². The van der Waals surface area contributed by atoms with Crippen LogP contribution >= 0.6 is 11.6 Å². The summed E-state index contributed by atoms with van der Waals surface area (Å²) in [6, 6.07) is 5.21. The highest BCUT2D eigenvalue weighted by Crippen LogP contribution is 2.35. The predicted octanol–water partition coefficient (Wildman–Crippen LogP) is 3.76. The standard InChI is InChI=1S/C25H27ClFN7O/c26-19-10-16(3-4-20(19)27)21-13-34(12-17-2-1-7-28-17)24(31-21)15-5-8-33(9-6-15)25-18-11-22(35)32-23(18)29-14-30-25/h3-4,10,13-15,17,28H,1-2,5-9,11-12H2,(H,29,30,32,35)/t17-/m1/s1. The van der Waals surface area contributed by atoms with Crippen molar-refractivity contribution in [2.75, 3.05) is 29.9 Å². The van der Waals surface area contributed by atoms with Gasteiger partial charge in [-0.3, -0.25) is 4.79 Å². The van der Waals surface area contributed by atoms with E-state index in [1.54, 1.807) is 12.1 Å². The summed E-state index contributed by atoms with van der Waals surface area (Å²) in [6.45, 7) is 3.57. The van der Waals surface area contributed by atoms with Crippen molar-refractivity contribution in [2.45, 2.75) is 50.6 Å². The van der Waals surface area contributed by atoms with Crippen LogP contribution in [0.2, 0.25) is 5.02 Å². The molecule has 0 aliphatic carbocycles. The van der Waals surface area contributed by atoms with E-state index in [0.717, 1.165) is 73.9 Å². The van der Waals surface area contributed by atoms with E-state index in [-0.39, 0.29) is 10.9 Å². The van der Waals surface area contributed by atoms with Gasteiger partial charge in [-0.2, -0.15) is 0 Å². The maximum atomic E-state index is 13.7. The van der Waals surface area contributed by atoms with E-state index in [0.29, 0.717) is 24.2 Å². The summed E-state index contributed by atoms with van der Waals surface area (Å²) in [5.74, 6) is 2.39. The molecule has 2 fully saturated rings. The van der Waals surface area contributed by atoms with Gasteiger partial charge in [-0.1, -0.05) is 11.6 Å². The zero-order valence-corrected chi connectivity index (χ0v) is 20.1. The van der Waals surface area contributed by atoms with E-state index < -0.39 is 5.82 Å². The van der Waals surface area contributed by atoms with Crippen LogP contribution in [0.3, 0.4) is 0 Å². The van der Waals surface area contributed by atoms with E-state index in [9.17, 15) is 9.18 Å². The van der Waals surface area contributed by atoms with Crippen molar-refractivity contribution in [2.24, 2.45) is 0 Å². The summed E-state index contributed by atoms with van der Waals surface area (Å²) in [6.07, 6.45) is 8.13. The Hall–Kier alpha value is -3.04. The quantitative estimate of drug-likeness (QED) is 0.560. The highest BCUT2D eigenvalue weighted by atomic mass is 35.5. The minimum atomic E-state index is -0.425. The first-order chi connectivity index (χ1) is 17.0. The van der Waals surface area contributed by atoms with Crippen molar-refractivity contribution in [3.8, 4) is 11.3 Å². The van der Waals surface area contributed by atoms with Crippen LogP contribution in [0.1, 0.15) is 43.0 Å². The molecule has 3 aliphatic rings. The number of aromatic nitrogens is 4. The SMILES string of the molecule is O=C1Cc2c(ncnc2N2CCC(c3nc(-c4ccc(F)c(Cl)c4)cn3C[C@H]3CCCN3)CC2)N1. The van der Waals surface area contributed by atoms with Crippen molar-refractivity contribution < 1.29 is 9.18 Å². The molecule has 8 nitrogen and oxygen atoms in total. The molecule has 5 heterocycles. The van der Waals surface area contributed by atoms with Crippen LogP contribution in [0.5, 0.6) is 0 Å². The number of hydrogen-bond acceptors (Lipinski definition) is 6. The number of hydrogen-bond donors (Lipinski definition) is 2. The van der Waals surface area contributed by atoms with Crippen molar-refractivity contribution >= 4 is 29.1 Å². The molecule has 6 rings (SSSR count). The first-order valence-electron chi connectivity index (χ1n) is 12.2. The first-order valence-corrected chi connectivity index (χ1v) is 12.6. The number of carbonyl (C=O) groups is 1. The van der Waals surface area contributed by atoms with E-state index in [2.05, 4.69) is 36.3 Å². The Morgan fingerprint density at radius 3 is 2.80 bits per heavy atom. The third kappa shape index (κ3) is 4.38. The number of imidazole rings is 1. The van der Waals surface area contributed by atoms with Gasteiger partial charge in [0.1, 0.15) is 29.6 Å². The van der Waals surface area contributed by atoms with Crippen LogP contribution in [-0.2, 0) is 17.8 Å². The number of amides is 1. The van der Waals surface area contributed by atoms with Crippen LogP contribution in [0.25, 0.3) is 11.3 Å². The van der Waals surface area contributed by atoms with Gasteiger partial charge in [0.25, 0.3) is 0 Å². The molecule has 0 bridgehead atoms. The van der Waals surface area contributed by atoms with Crippen molar-refractivity contribution in [3.05, 3.63) is 53.0 Å². The van der Waals surface area contributed by atoms with Crippen molar-refractivity contribution in [1.82, 2.24) is 24.8 Å². The number of nitrogens with zero attached hydrogens (tertiary/aromatic N) is 5. The van der Waals surface area contributed by atoms with Crippen molar-refractivity contribution in [3.63, 3.8) is 0 Å². The lowest BCUT2D eigenvalue weighted by Gasteiger charge is -2.33. The Kier molecular flexibility index (Phi) is 5.89. The first kappa shape index (κ1) is 22.4. The molecule has 35 heavy (non-hydrogen) atoms. The largest absolute Gasteiger partial charge is 0.356 e. The summed E-state index contributed by atoms with van der Waals surface area (Å²) < 4.78 is 16.0. The second-order valence-electron chi connectivity index (χ2n) is 9.57. The molecule has 3 aliphatic heterocycles. The number of benzene rings is 1. The van der Waals surface area contributed by atoms with E-state index >= 15 is 0 Å². The molecule has 1 atom stereocenters. The van der Waals surface area contributed by atoms with Crippen LogP contribution in [0.15, 0.2) is 30.7 Å². The van der Waals surface area contributed by atoms with E-state index in [1.165, 1.54) is 18.8 Å². The minimum absolute atomic E-state index is 0.0346. The molecule has 1 amide bonds. The fourth-order valence-corrected chi connectivity index (χ4v) is 5.66. The summed E-state index contributed by atoms with van der Waals surface area (Å²) in [4.78, 5) is 27.9.